The van der Waals surface area contributed by atoms with Gasteiger partial charge < -0.3 is 24.3 Å². The molecule has 174 valence electrons. The summed E-state index contributed by atoms with van der Waals surface area (Å²) in [5, 5.41) is 4.74. The Kier molecular flexibility index (Phi) is 5.95. The van der Waals surface area contributed by atoms with Crippen molar-refractivity contribution in [2.45, 2.75) is 0 Å². The van der Waals surface area contributed by atoms with Gasteiger partial charge in [-0.2, -0.15) is 5.10 Å². The van der Waals surface area contributed by atoms with E-state index < -0.39 is 0 Å². The number of aromatic nitrogens is 3. The van der Waals surface area contributed by atoms with Crippen molar-refractivity contribution >= 4 is 11.6 Å². The third-order valence-corrected chi connectivity index (χ3v) is 6.07. The zero-order valence-corrected chi connectivity index (χ0v) is 19.3. The summed E-state index contributed by atoms with van der Waals surface area (Å²) in [5.41, 5.74) is 4.03. The van der Waals surface area contributed by atoms with Gasteiger partial charge in [-0.15, -0.1) is 0 Å². The number of carbonyl (C=O) groups excluding carboxylic acids is 1. The lowest BCUT2D eigenvalue weighted by atomic mass is 10.2. The van der Waals surface area contributed by atoms with Crippen LogP contribution in [0.5, 0.6) is 11.5 Å². The van der Waals surface area contributed by atoms with Gasteiger partial charge in [0.15, 0.2) is 0 Å². The molecule has 3 heterocycles. The maximum Gasteiger partial charge on any atom is 0.272 e. The number of piperazine rings is 1. The van der Waals surface area contributed by atoms with Crippen LogP contribution < -0.4 is 14.4 Å². The molecule has 8 nitrogen and oxygen atoms in total. The first-order chi connectivity index (χ1) is 16.7. The summed E-state index contributed by atoms with van der Waals surface area (Å²) in [5.74, 6) is 1.46. The Labute approximate surface area is 198 Å². The van der Waals surface area contributed by atoms with Crippen molar-refractivity contribution in [1.29, 1.82) is 0 Å². The fourth-order valence-electron chi connectivity index (χ4n) is 4.23. The second-order valence-electron chi connectivity index (χ2n) is 8.10. The van der Waals surface area contributed by atoms with Crippen LogP contribution in [-0.4, -0.2) is 66.0 Å². The number of aromatic amines is 1. The van der Waals surface area contributed by atoms with Gasteiger partial charge in [0, 0.05) is 56.3 Å². The van der Waals surface area contributed by atoms with Crippen LogP contribution in [0.1, 0.15) is 10.5 Å². The monoisotopic (exact) mass is 457 g/mol. The van der Waals surface area contributed by atoms with E-state index in [0.29, 0.717) is 31.9 Å². The molecule has 34 heavy (non-hydrogen) atoms. The second kappa shape index (κ2) is 9.35. The summed E-state index contributed by atoms with van der Waals surface area (Å²) in [7, 11) is 3.29. The third kappa shape index (κ3) is 4.22. The number of rotatable bonds is 6. The first-order valence-electron chi connectivity index (χ1n) is 11.2. The molecule has 1 fully saturated rings. The topological polar surface area (TPSA) is 75.6 Å². The van der Waals surface area contributed by atoms with Crippen molar-refractivity contribution in [3.05, 3.63) is 78.6 Å². The molecule has 4 aromatic rings. The number of hydrogen-bond acceptors (Lipinski definition) is 5. The number of carbonyl (C=O) groups is 1. The van der Waals surface area contributed by atoms with Crippen LogP contribution in [0.2, 0.25) is 0 Å². The highest BCUT2D eigenvalue weighted by molar-refractivity contribution is 5.94. The molecule has 0 saturated carbocycles. The van der Waals surface area contributed by atoms with E-state index in [1.54, 1.807) is 18.9 Å². The van der Waals surface area contributed by atoms with Gasteiger partial charge in [-0.05, 0) is 30.3 Å². The van der Waals surface area contributed by atoms with Crippen LogP contribution in [-0.2, 0) is 0 Å². The normalized spacial score (nSPS) is 13.7. The van der Waals surface area contributed by atoms with Crippen LogP contribution >= 0.6 is 0 Å². The average Bonchev–Trinajstić information content (AvgIpc) is 3.59. The number of benzene rings is 2. The van der Waals surface area contributed by atoms with E-state index in [-0.39, 0.29) is 5.91 Å². The van der Waals surface area contributed by atoms with Gasteiger partial charge in [0.1, 0.15) is 22.9 Å². The Morgan fingerprint density at radius 3 is 2.18 bits per heavy atom. The minimum Gasteiger partial charge on any atom is -0.497 e. The van der Waals surface area contributed by atoms with Gasteiger partial charge in [-0.25, -0.2) is 4.68 Å². The number of amides is 1. The molecule has 1 aliphatic rings. The highest BCUT2D eigenvalue weighted by Gasteiger charge is 2.27. The van der Waals surface area contributed by atoms with Gasteiger partial charge in [-0.3, -0.25) is 4.79 Å². The van der Waals surface area contributed by atoms with Crippen LogP contribution in [0.25, 0.3) is 17.1 Å². The minimum atomic E-state index is -0.0305. The second-order valence-corrected chi connectivity index (χ2v) is 8.10. The molecule has 0 radical (unpaired) electrons. The number of nitrogens with zero attached hydrogens (tertiary/aromatic N) is 4. The maximum absolute atomic E-state index is 13.6. The average molecular weight is 458 g/mol. The quantitative estimate of drug-likeness (QED) is 0.476. The molecular weight excluding hydrogens is 430 g/mol. The molecule has 1 saturated heterocycles. The van der Waals surface area contributed by atoms with Crippen LogP contribution in [0, 0.1) is 0 Å². The van der Waals surface area contributed by atoms with E-state index in [0.717, 1.165) is 34.3 Å². The van der Waals surface area contributed by atoms with E-state index in [1.807, 2.05) is 77.8 Å². The number of para-hydroxylation sites is 1. The molecule has 0 bridgehead atoms. The predicted molar refractivity (Wildman–Crippen MR) is 131 cm³/mol. The SMILES string of the molecule is COc1cc(OC)cc(N2CCN(C(=O)c3cc(-c4ccc[nH]4)nn3-c3ccccc3)CC2)c1. The fourth-order valence-corrected chi connectivity index (χ4v) is 4.23. The molecule has 1 amide bonds. The van der Waals surface area contributed by atoms with Gasteiger partial charge in [-0.1, -0.05) is 18.2 Å². The molecule has 2 aromatic carbocycles. The number of nitrogens with one attached hydrogen (secondary N) is 1. The van der Waals surface area contributed by atoms with Crippen LogP contribution in [0.4, 0.5) is 5.69 Å². The fraction of sp³-hybridized carbons (Fsp3) is 0.231. The Balaban J connectivity index is 1.38. The lowest BCUT2D eigenvalue weighted by Gasteiger charge is -2.36. The molecule has 0 atom stereocenters. The molecular formula is C26H27N5O3. The highest BCUT2D eigenvalue weighted by Crippen LogP contribution is 2.29. The van der Waals surface area contributed by atoms with Crippen LogP contribution in [0.3, 0.4) is 0 Å². The number of hydrogen-bond donors (Lipinski definition) is 1. The van der Waals surface area contributed by atoms with E-state index in [1.165, 1.54) is 0 Å². The van der Waals surface area contributed by atoms with Gasteiger partial charge in [0.05, 0.1) is 25.6 Å². The molecule has 1 N–H and O–H groups in total. The molecule has 0 spiro atoms. The van der Waals surface area contributed by atoms with Crippen molar-refractivity contribution in [1.82, 2.24) is 19.7 Å². The molecule has 1 aliphatic heterocycles. The zero-order chi connectivity index (χ0) is 23.5. The summed E-state index contributed by atoms with van der Waals surface area (Å²) in [6.45, 7) is 2.64. The van der Waals surface area contributed by atoms with Crippen LogP contribution in [0.15, 0.2) is 72.9 Å². The molecule has 0 unspecified atom stereocenters. The lowest BCUT2D eigenvalue weighted by molar-refractivity contribution is 0.0737. The molecule has 0 aliphatic carbocycles. The van der Waals surface area contributed by atoms with E-state index in [2.05, 4.69) is 9.88 Å². The zero-order valence-electron chi connectivity index (χ0n) is 19.3. The number of anilines is 1. The van der Waals surface area contributed by atoms with Crippen molar-refractivity contribution in [3.63, 3.8) is 0 Å². The number of methoxy groups -OCH3 is 2. The standard InChI is InChI=1S/C26H27N5O3/c1-33-21-15-20(16-22(17-21)34-2)29-11-13-30(14-12-29)26(32)25-18-24(23-9-6-10-27-23)28-31(25)19-7-4-3-5-8-19/h3-10,15-18,27H,11-14H2,1-2H3. The molecule has 2 aromatic heterocycles. The molecule has 5 rings (SSSR count). The largest absolute Gasteiger partial charge is 0.497 e. The summed E-state index contributed by atoms with van der Waals surface area (Å²) in [4.78, 5) is 20.9. The minimum absolute atomic E-state index is 0.0305. The Morgan fingerprint density at radius 2 is 1.56 bits per heavy atom. The summed E-state index contributed by atoms with van der Waals surface area (Å²) in [6, 6.07) is 21.3. The summed E-state index contributed by atoms with van der Waals surface area (Å²) < 4.78 is 12.6. The Hall–Kier alpha value is -4.20. The first kappa shape index (κ1) is 21.6. The lowest BCUT2D eigenvalue weighted by Crippen LogP contribution is -2.49. The van der Waals surface area contributed by atoms with E-state index >= 15 is 0 Å². The predicted octanol–water partition coefficient (Wildman–Crippen LogP) is 3.85. The smallest absolute Gasteiger partial charge is 0.272 e. The summed E-state index contributed by atoms with van der Waals surface area (Å²) in [6.07, 6.45) is 1.85. The van der Waals surface area contributed by atoms with Crippen molar-refractivity contribution < 1.29 is 14.3 Å². The third-order valence-electron chi connectivity index (χ3n) is 6.07. The highest BCUT2D eigenvalue weighted by atomic mass is 16.5. The maximum atomic E-state index is 13.6. The van der Waals surface area contributed by atoms with Gasteiger partial charge in [0.2, 0.25) is 0 Å². The van der Waals surface area contributed by atoms with Gasteiger partial charge in [0.25, 0.3) is 5.91 Å². The van der Waals surface area contributed by atoms with Crippen molar-refractivity contribution in [2.24, 2.45) is 0 Å². The molecule has 8 heteroatoms. The number of H-pyrrole nitrogens is 1. The van der Waals surface area contributed by atoms with E-state index in [9.17, 15) is 4.79 Å². The van der Waals surface area contributed by atoms with Gasteiger partial charge >= 0.3 is 0 Å². The van der Waals surface area contributed by atoms with E-state index in [4.69, 9.17) is 14.6 Å². The van der Waals surface area contributed by atoms with Crippen molar-refractivity contribution in [2.75, 3.05) is 45.3 Å². The van der Waals surface area contributed by atoms with Crippen molar-refractivity contribution in [3.8, 4) is 28.6 Å². The number of ether oxygens (including phenoxy) is 2. The Bertz CT molecular complexity index is 1240. The summed E-state index contributed by atoms with van der Waals surface area (Å²) >= 11 is 0. The Morgan fingerprint density at radius 1 is 0.853 bits per heavy atom. The first-order valence-corrected chi connectivity index (χ1v) is 11.2.